The smallest absolute Gasteiger partial charge is 0.344 e. The minimum Gasteiger partial charge on any atom is -0.361 e. The number of hydrogen-bond donors (Lipinski definition) is 3. The zero-order valence-electron chi connectivity index (χ0n) is 13.8. The van der Waals surface area contributed by atoms with Crippen molar-refractivity contribution in [1.82, 2.24) is 20.7 Å². The predicted molar refractivity (Wildman–Crippen MR) is 91.3 cm³/mol. The number of hydrogen-bond acceptors (Lipinski definition) is 3. The molecule has 0 radical (unpaired) electrons. The van der Waals surface area contributed by atoms with E-state index in [9.17, 15) is 14.4 Å². The quantitative estimate of drug-likeness (QED) is 0.746. The van der Waals surface area contributed by atoms with E-state index < -0.39 is 11.6 Å². The third kappa shape index (κ3) is 2.65. The molecular formula is C18H20N4O3. The Kier molecular flexibility index (Phi) is 3.71. The van der Waals surface area contributed by atoms with Crippen molar-refractivity contribution in [1.29, 1.82) is 0 Å². The number of urea groups is 1. The van der Waals surface area contributed by atoms with Crippen LogP contribution in [-0.2, 0) is 16.0 Å². The van der Waals surface area contributed by atoms with Crippen LogP contribution < -0.4 is 10.7 Å². The van der Waals surface area contributed by atoms with Crippen LogP contribution in [0, 0.1) is 0 Å². The van der Waals surface area contributed by atoms with Gasteiger partial charge in [-0.2, -0.15) is 5.01 Å². The molecule has 1 spiro atoms. The minimum absolute atomic E-state index is 0.0913. The van der Waals surface area contributed by atoms with Gasteiger partial charge in [-0.15, -0.1) is 0 Å². The summed E-state index contributed by atoms with van der Waals surface area (Å²) in [7, 11) is 0. The Bertz CT molecular complexity index is 851. The van der Waals surface area contributed by atoms with Gasteiger partial charge in [0.25, 0.3) is 5.91 Å². The Labute approximate surface area is 144 Å². The molecule has 1 aromatic heterocycles. The van der Waals surface area contributed by atoms with E-state index in [0.717, 1.165) is 40.7 Å². The zero-order valence-corrected chi connectivity index (χ0v) is 13.8. The SMILES string of the molecule is O=C(Cc1c[nH]c2ccccc12)NN1C(=O)NC2(CCCCC2)C1=O. The molecule has 3 N–H and O–H groups in total. The summed E-state index contributed by atoms with van der Waals surface area (Å²) in [6.45, 7) is 0. The largest absolute Gasteiger partial charge is 0.361 e. The van der Waals surface area contributed by atoms with Gasteiger partial charge in [-0.1, -0.05) is 37.5 Å². The van der Waals surface area contributed by atoms with E-state index >= 15 is 0 Å². The van der Waals surface area contributed by atoms with Crippen LogP contribution in [0.2, 0.25) is 0 Å². The second-order valence-electron chi connectivity index (χ2n) is 6.78. The topological polar surface area (TPSA) is 94.3 Å². The molecule has 4 amide bonds. The molecule has 2 heterocycles. The van der Waals surface area contributed by atoms with Gasteiger partial charge in [-0.3, -0.25) is 15.0 Å². The number of nitrogens with one attached hydrogen (secondary N) is 3. The highest BCUT2D eigenvalue weighted by molar-refractivity contribution is 6.08. The third-order valence-corrected chi connectivity index (χ3v) is 5.13. The number of aromatic nitrogens is 1. The van der Waals surface area contributed by atoms with Crippen LogP contribution in [0.5, 0.6) is 0 Å². The number of carbonyl (C=O) groups is 3. The zero-order chi connectivity index (χ0) is 17.4. The van der Waals surface area contributed by atoms with Crippen molar-refractivity contribution < 1.29 is 14.4 Å². The fourth-order valence-corrected chi connectivity index (χ4v) is 3.83. The number of carbonyl (C=O) groups excluding carboxylic acids is 3. The molecule has 0 bridgehead atoms. The molecule has 130 valence electrons. The molecule has 1 aliphatic carbocycles. The lowest BCUT2D eigenvalue weighted by Gasteiger charge is -2.30. The van der Waals surface area contributed by atoms with Crippen molar-refractivity contribution in [2.75, 3.05) is 0 Å². The van der Waals surface area contributed by atoms with Gasteiger partial charge >= 0.3 is 6.03 Å². The molecule has 2 aromatic rings. The average molecular weight is 340 g/mol. The first-order valence-electron chi connectivity index (χ1n) is 8.60. The molecule has 2 aliphatic rings. The van der Waals surface area contributed by atoms with Crippen molar-refractivity contribution in [2.45, 2.75) is 44.1 Å². The lowest BCUT2D eigenvalue weighted by Crippen LogP contribution is -2.51. The van der Waals surface area contributed by atoms with Crippen molar-refractivity contribution in [3.8, 4) is 0 Å². The summed E-state index contributed by atoms with van der Waals surface area (Å²) >= 11 is 0. The standard InChI is InChI=1S/C18H20N4O3/c23-15(10-12-11-19-14-7-3-2-6-13(12)14)21-22-16(24)18(20-17(22)25)8-4-1-5-9-18/h2-3,6-7,11,19H,1,4-5,8-10H2,(H,20,25)(H,21,23). The summed E-state index contributed by atoms with van der Waals surface area (Å²) in [5, 5.41) is 4.59. The number of aromatic amines is 1. The highest BCUT2D eigenvalue weighted by Gasteiger charge is 2.52. The van der Waals surface area contributed by atoms with Gasteiger partial charge in [0.1, 0.15) is 5.54 Å². The monoisotopic (exact) mass is 340 g/mol. The Morgan fingerprint density at radius 3 is 2.72 bits per heavy atom. The number of hydrazine groups is 1. The van der Waals surface area contributed by atoms with Gasteiger partial charge in [0.15, 0.2) is 0 Å². The lowest BCUT2D eigenvalue weighted by atomic mass is 9.82. The Morgan fingerprint density at radius 2 is 1.92 bits per heavy atom. The second-order valence-corrected chi connectivity index (χ2v) is 6.78. The summed E-state index contributed by atoms with van der Waals surface area (Å²) in [5.41, 5.74) is 3.41. The van der Waals surface area contributed by atoms with Gasteiger partial charge in [-0.05, 0) is 24.5 Å². The highest BCUT2D eigenvalue weighted by atomic mass is 16.2. The van der Waals surface area contributed by atoms with Gasteiger partial charge in [0.05, 0.1) is 6.42 Å². The molecule has 7 heteroatoms. The first kappa shape index (κ1) is 15.7. The maximum Gasteiger partial charge on any atom is 0.344 e. The maximum atomic E-state index is 12.7. The number of fused-ring (bicyclic) bond motifs is 1. The molecule has 4 rings (SSSR count). The normalized spacial score (nSPS) is 19.4. The minimum atomic E-state index is -0.830. The molecule has 0 atom stereocenters. The number of para-hydroxylation sites is 1. The molecule has 1 aliphatic heterocycles. The van der Waals surface area contributed by atoms with E-state index in [1.807, 2.05) is 24.3 Å². The van der Waals surface area contributed by atoms with E-state index in [2.05, 4.69) is 15.7 Å². The fourth-order valence-electron chi connectivity index (χ4n) is 3.83. The number of rotatable bonds is 3. The summed E-state index contributed by atoms with van der Waals surface area (Å²) in [6.07, 6.45) is 6.01. The molecule has 1 aromatic carbocycles. The van der Waals surface area contributed by atoms with E-state index in [1.54, 1.807) is 6.20 Å². The van der Waals surface area contributed by atoms with Crippen molar-refractivity contribution >= 4 is 28.7 Å². The molecule has 25 heavy (non-hydrogen) atoms. The van der Waals surface area contributed by atoms with Crippen molar-refractivity contribution in [2.24, 2.45) is 0 Å². The number of benzene rings is 1. The van der Waals surface area contributed by atoms with Gasteiger partial charge in [0, 0.05) is 17.1 Å². The number of H-pyrrole nitrogens is 1. The van der Waals surface area contributed by atoms with Gasteiger partial charge < -0.3 is 10.3 Å². The van der Waals surface area contributed by atoms with Crippen LogP contribution in [0.4, 0.5) is 4.79 Å². The van der Waals surface area contributed by atoms with Crippen molar-refractivity contribution in [3.05, 3.63) is 36.0 Å². The lowest BCUT2D eigenvalue weighted by molar-refractivity contribution is -0.139. The van der Waals surface area contributed by atoms with E-state index in [-0.39, 0.29) is 18.2 Å². The first-order chi connectivity index (χ1) is 12.1. The van der Waals surface area contributed by atoms with Crippen LogP contribution >= 0.6 is 0 Å². The van der Waals surface area contributed by atoms with Gasteiger partial charge in [-0.25, -0.2) is 4.79 Å². The Hall–Kier alpha value is -2.83. The Morgan fingerprint density at radius 1 is 1.16 bits per heavy atom. The molecule has 2 fully saturated rings. The van der Waals surface area contributed by atoms with Crippen LogP contribution in [0.3, 0.4) is 0 Å². The van der Waals surface area contributed by atoms with Crippen molar-refractivity contribution in [3.63, 3.8) is 0 Å². The highest BCUT2D eigenvalue weighted by Crippen LogP contribution is 2.33. The summed E-state index contributed by atoms with van der Waals surface area (Å²) in [5.74, 6) is -0.731. The molecule has 0 unspecified atom stereocenters. The average Bonchev–Trinajstić information content (AvgIpc) is 3.11. The van der Waals surface area contributed by atoms with Gasteiger partial charge in [0.2, 0.25) is 5.91 Å². The maximum absolute atomic E-state index is 12.7. The Balaban J connectivity index is 1.47. The summed E-state index contributed by atoms with van der Waals surface area (Å²) < 4.78 is 0. The van der Waals surface area contributed by atoms with Crippen LogP contribution in [0.1, 0.15) is 37.7 Å². The number of imide groups is 1. The van der Waals surface area contributed by atoms with E-state index in [1.165, 1.54) is 0 Å². The van der Waals surface area contributed by atoms with Crippen LogP contribution in [-0.4, -0.2) is 33.4 Å². The fraction of sp³-hybridized carbons (Fsp3) is 0.389. The molecular weight excluding hydrogens is 320 g/mol. The summed E-state index contributed by atoms with van der Waals surface area (Å²) in [6, 6.07) is 7.14. The molecule has 7 nitrogen and oxygen atoms in total. The molecule has 1 saturated heterocycles. The van der Waals surface area contributed by atoms with E-state index in [4.69, 9.17) is 0 Å². The van der Waals surface area contributed by atoms with Crippen LogP contribution in [0.15, 0.2) is 30.5 Å². The third-order valence-electron chi connectivity index (χ3n) is 5.13. The molecule has 1 saturated carbocycles. The first-order valence-corrected chi connectivity index (χ1v) is 8.60. The number of nitrogens with zero attached hydrogens (tertiary/aromatic N) is 1. The second kappa shape index (κ2) is 5.91. The van der Waals surface area contributed by atoms with Crippen LogP contribution in [0.25, 0.3) is 10.9 Å². The predicted octanol–water partition coefficient (Wildman–Crippen LogP) is 2.00. The number of amides is 4. The summed E-state index contributed by atoms with van der Waals surface area (Å²) in [4.78, 5) is 40.3. The van der Waals surface area contributed by atoms with E-state index in [0.29, 0.717) is 12.8 Å².